The van der Waals surface area contributed by atoms with Gasteiger partial charge in [-0.3, -0.25) is 4.79 Å². The van der Waals surface area contributed by atoms with Gasteiger partial charge < -0.3 is 30.0 Å². The molecule has 144 valence electrons. The zero-order valence-electron chi connectivity index (χ0n) is 15.2. The summed E-state index contributed by atoms with van der Waals surface area (Å²) < 4.78 is 21.4. The molecule has 0 atom stereocenters. The maximum atomic E-state index is 11.5. The molecule has 0 aliphatic rings. The summed E-state index contributed by atoms with van der Waals surface area (Å²) in [5, 5.41) is 2.87. The Morgan fingerprint density at radius 1 is 0.792 bits per heavy atom. The molecule has 0 rings (SSSR count). The van der Waals surface area contributed by atoms with Crippen molar-refractivity contribution in [3.05, 3.63) is 0 Å². The molecular weight excluding hydrogens is 312 g/mol. The van der Waals surface area contributed by atoms with Crippen LogP contribution in [-0.2, 0) is 23.7 Å². The van der Waals surface area contributed by atoms with Crippen LogP contribution in [0.15, 0.2) is 0 Å². The fourth-order valence-corrected chi connectivity index (χ4v) is 1.83. The summed E-state index contributed by atoms with van der Waals surface area (Å²) in [5.74, 6) is 0.0300. The van der Waals surface area contributed by atoms with E-state index in [9.17, 15) is 4.79 Å². The molecule has 1 amide bonds. The number of nitrogens with two attached hydrogens (primary N) is 1. The molecule has 0 aliphatic carbocycles. The lowest BCUT2D eigenvalue weighted by Gasteiger charge is -2.07. The summed E-state index contributed by atoms with van der Waals surface area (Å²) >= 11 is 0. The van der Waals surface area contributed by atoms with Gasteiger partial charge in [-0.1, -0.05) is 13.3 Å². The van der Waals surface area contributed by atoms with E-state index in [2.05, 4.69) is 12.2 Å². The van der Waals surface area contributed by atoms with E-state index >= 15 is 0 Å². The lowest BCUT2D eigenvalue weighted by molar-refractivity contribution is -0.122. The van der Waals surface area contributed by atoms with E-state index in [1.807, 2.05) is 0 Å². The quantitative estimate of drug-likeness (QED) is 0.340. The van der Waals surface area contributed by atoms with Crippen LogP contribution in [0, 0.1) is 0 Å². The summed E-state index contributed by atoms with van der Waals surface area (Å²) in [5.41, 5.74) is 5.41. The van der Waals surface area contributed by atoms with Gasteiger partial charge in [0.25, 0.3) is 0 Å². The highest BCUT2D eigenvalue weighted by molar-refractivity contribution is 5.75. The van der Waals surface area contributed by atoms with Crippen LogP contribution >= 0.6 is 0 Å². The van der Waals surface area contributed by atoms with Crippen molar-refractivity contribution >= 4 is 5.91 Å². The number of amides is 1. The number of nitrogens with one attached hydrogen (secondary N) is 1. The van der Waals surface area contributed by atoms with Crippen LogP contribution in [0.2, 0.25) is 0 Å². The highest BCUT2D eigenvalue weighted by Gasteiger charge is 2.00. The van der Waals surface area contributed by atoms with Crippen molar-refractivity contribution in [2.75, 3.05) is 65.9 Å². The largest absolute Gasteiger partial charge is 0.379 e. The van der Waals surface area contributed by atoms with E-state index in [1.54, 1.807) is 0 Å². The van der Waals surface area contributed by atoms with Crippen molar-refractivity contribution < 1.29 is 23.7 Å². The molecule has 7 nitrogen and oxygen atoms in total. The van der Waals surface area contributed by atoms with E-state index < -0.39 is 0 Å². The SMILES string of the molecule is CCCOCCOCCOCCOCCC(=O)NCCCCCN. The summed E-state index contributed by atoms with van der Waals surface area (Å²) in [4.78, 5) is 11.5. The van der Waals surface area contributed by atoms with Crippen LogP contribution in [0.5, 0.6) is 0 Å². The highest BCUT2D eigenvalue weighted by Crippen LogP contribution is 1.92. The Balaban J connectivity index is 3.10. The van der Waals surface area contributed by atoms with Gasteiger partial charge >= 0.3 is 0 Å². The molecule has 24 heavy (non-hydrogen) atoms. The van der Waals surface area contributed by atoms with Crippen LogP contribution in [0.3, 0.4) is 0 Å². The number of carbonyl (C=O) groups is 1. The van der Waals surface area contributed by atoms with E-state index in [0.29, 0.717) is 65.8 Å². The van der Waals surface area contributed by atoms with E-state index in [4.69, 9.17) is 24.7 Å². The lowest BCUT2D eigenvalue weighted by Crippen LogP contribution is -2.25. The predicted octanol–water partition coefficient (Wildman–Crippen LogP) is 1.10. The third-order valence-corrected chi connectivity index (χ3v) is 3.14. The fourth-order valence-electron chi connectivity index (χ4n) is 1.83. The van der Waals surface area contributed by atoms with Crippen molar-refractivity contribution in [3.8, 4) is 0 Å². The molecule has 0 fully saturated rings. The Morgan fingerprint density at radius 3 is 1.88 bits per heavy atom. The first-order valence-electron chi connectivity index (χ1n) is 9.09. The number of carbonyl (C=O) groups excluding carboxylic acids is 1. The lowest BCUT2D eigenvalue weighted by atomic mass is 10.2. The predicted molar refractivity (Wildman–Crippen MR) is 94.1 cm³/mol. The van der Waals surface area contributed by atoms with Crippen molar-refractivity contribution in [3.63, 3.8) is 0 Å². The average Bonchev–Trinajstić information content (AvgIpc) is 2.59. The second kappa shape index (κ2) is 20.3. The van der Waals surface area contributed by atoms with Gasteiger partial charge in [-0.2, -0.15) is 0 Å². The Kier molecular flexibility index (Phi) is 19.7. The molecule has 0 spiro atoms. The first-order chi connectivity index (χ1) is 11.8. The minimum atomic E-state index is 0.0300. The van der Waals surface area contributed by atoms with Gasteiger partial charge in [0.2, 0.25) is 5.91 Å². The fraction of sp³-hybridized carbons (Fsp3) is 0.941. The minimum Gasteiger partial charge on any atom is -0.379 e. The standard InChI is InChI=1S/C17H36N2O5/c1-2-9-21-11-13-23-15-16-24-14-12-22-10-6-17(20)19-8-5-3-4-7-18/h2-16,18H2,1H3,(H,19,20). The van der Waals surface area contributed by atoms with Gasteiger partial charge in [0.15, 0.2) is 0 Å². The molecule has 3 N–H and O–H groups in total. The van der Waals surface area contributed by atoms with Gasteiger partial charge in [-0.25, -0.2) is 0 Å². The Bertz CT molecular complexity index is 267. The minimum absolute atomic E-state index is 0.0300. The third kappa shape index (κ3) is 19.3. The number of hydrogen-bond donors (Lipinski definition) is 2. The van der Waals surface area contributed by atoms with E-state index in [-0.39, 0.29) is 5.91 Å². The topological polar surface area (TPSA) is 92.0 Å². The summed E-state index contributed by atoms with van der Waals surface area (Å²) in [6.07, 6.45) is 4.46. The molecule has 0 aromatic heterocycles. The molecule has 0 aromatic carbocycles. The van der Waals surface area contributed by atoms with E-state index in [0.717, 1.165) is 32.3 Å². The first-order valence-corrected chi connectivity index (χ1v) is 9.09. The van der Waals surface area contributed by atoms with Gasteiger partial charge in [0.1, 0.15) is 0 Å². The summed E-state index contributed by atoms with van der Waals surface area (Å²) in [7, 11) is 0. The van der Waals surface area contributed by atoms with Crippen molar-refractivity contribution in [1.29, 1.82) is 0 Å². The Morgan fingerprint density at radius 2 is 1.33 bits per heavy atom. The number of rotatable bonds is 19. The van der Waals surface area contributed by atoms with Crippen LogP contribution < -0.4 is 11.1 Å². The van der Waals surface area contributed by atoms with Crippen LogP contribution in [0.1, 0.15) is 39.0 Å². The van der Waals surface area contributed by atoms with Crippen molar-refractivity contribution in [2.45, 2.75) is 39.0 Å². The van der Waals surface area contributed by atoms with Gasteiger partial charge in [-0.05, 0) is 25.8 Å². The van der Waals surface area contributed by atoms with Crippen molar-refractivity contribution in [1.82, 2.24) is 5.32 Å². The Hall–Kier alpha value is -0.730. The molecule has 0 saturated heterocycles. The molecule has 0 unspecified atom stereocenters. The van der Waals surface area contributed by atoms with Gasteiger partial charge in [-0.15, -0.1) is 0 Å². The second-order valence-corrected chi connectivity index (χ2v) is 5.40. The zero-order chi connectivity index (χ0) is 17.7. The summed E-state index contributed by atoms with van der Waals surface area (Å²) in [6, 6.07) is 0. The highest BCUT2D eigenvalue weighted by atomic mass is 16.6. The maximum absolute atomic E-state index is 11.5. The first kappa shape index (κ1) is 23.3. The normalized spacial score (nSPS) is 10.9. The number of unbranched alkanes of at least 4 members (excludes halogenated alkanes) is 2. The molecule has 0 heterocycles. The Labute approximate surface area is 146 Å². The number of hydrogen-bond acceptors (Lipinski definition) is 6. The molecule has 7 heteroatoms. The monoisotopic (exact) mass is 348 g/mol. The van der Waals surface area contributed by atoms with Crippen molar-refractivity contribution in [2.24, 2.45) is 5.73 Å². The molecule has 0 bridgehead atoms. The number of ether oxygens (including phenoxy) is 4. The van der Waals surface area contributed by atoms with Gasteiger partial charge in [0, 0.05) is 19.6 Å². The van der Waals surface area contributed by atoms with Gasteiger partial charge in [0.05, 0.1) is 46.2 Å². The molecule has 0 saturated carbocycles. The van der Waals surface area contributed by atoms with Crippen LogP contribution in [0.4, 0.5) is 0 Å². The van der Waals surface area contributed by atoms with E-state index in [1.165, 1.54) is 0 Å². The smallest absolute Gasteiger partial charge is 0.222 e. The van der Waals surface area contributed by atoms with Crippen LogP contribution in [0.25, 0.3) is 0 Å². The van der Waals surface area contributed by atoms with Crippen LogP contribution in [-0.4, -0.2) is 71.9 Å². The second-order valence-electron chi connectivity index (χ2n) is 5.40. The molecule has 0 radical (unpaired) electrons. The molecule has 0 aliphatic heterocycles. The third-order valence-electron chi connectivity index (χ3n) is 3.14. The zero-order valence-corrected chi connectivity index (χ0v) is 15.2. The average molecular weight is 348 g/mol. The molecular formula is C17H36N2O5. The maximum Gasteiger partial charge on any atom is 0.222 e. The summed E-state index contributed by atoms with van der Waals surface area (Å²) in [6.45, 7) is 8.03. The molecule has 0 aromatic rings.